The molecule has 0 radical (unpaired) electrons. The van der Waals surface area contributed by atoms with Crippen LogP contribution < -0.4 is 4.72 Å². The van der Waals surface area contributed by atoms with Gasteiger partial charge in [0, 0.05) is 4.47 Å². The van der Waals surface area contributed by atoms with Gasteiger partial charge in [-0.25, -0.2) is 17.2 Å². The molecule has 0 bridgehead atoms. The molecule has 0 aliphatic rings. The fourth-order valence-corrected chi connectivity index (χ4v) is 3.05. The van der Waals surface area contributed by atoms with Gasteiger partial charge in [0.1, 0.15) is 11.6 Å². The van der Waals surface area contributed by atoms with Crippen molar-refractivity contribution >= 4 is 31.6 Å². The van der Waals surface area contributed by atoms with E-state index in [-0.39, 0.29) is 15.1 Å². The fourth-order valence-electron chi connectivity index (χ4n) is 1.39. The summed E-state index contributed by atoms with van der Waals surface area (Å²) in [6.45, 7) is 0. The lowest BCUT2D eigenvalue weighted by molar-refractivity contribution is 0.599. The smallest absolute Gasteiger partial charge is 0.261 e. The molecule has 3 nitrogen and oxygen atoms in total. The molecule has 2 aromatic carbocycles. The maximum absolute atomic E-state index is 12.9. The number of benzene rings is 2. The highest BCUT2D eigenvalue weighted by Crippen LogP contribution is 2.25. The van der Waals surface area contributed by atoms with Gasteiger partial charge >= 0.3 is 0 Å². The van der Waals surface area contributed by atoms with Crippen molar-refractivity contribution in [1.82, 2.24) is 0 Å². The summed E-state index contributed by atoms with van der Waals surface area (Å²) in [5, 5.41) is 0. The Labute approximate surface area is 117 Å². The molecule has 0 saturated carbocycles. The van der Waals surface area contributed by atoms with Gasteiger partial charge in [0.15, 0.2) is 0 Å². The Morgan fingerprint density at radius 1 is 0.947 bits per heavy atom. The van der Waals surface area contributed by atoms with E-state index in [9.17, 15) is 17.2 Å². The molecule has 0 aromatic heterocycles. The van der Waals surface area contributed by atoms with E-state index in [1.54, 1.807) is 0 Å². The molecule has 0 fully saturated rings. The molecule has 0 aliphatic carbocycles. The summed E-state index contributed by atoms with van der Waals surface area (Å²) < 4.78 is 52.2. The minimum atomic E-state index is -3.83. The molecular formula is C12H8BrF2NO2S. The Morgan fingerprint density at radius 3 is 2.11 bits per heavy atom. The molecule has 2 rings (SSSR count). The highest BCUT2D eigenvalue weighted by atomic mass is 79.9. The van der Waals surface area contributed by atoms with E-state index in [1.807, 2.05) is 0 Å². The standard InChI is InChI=1S/C12H8BrF2NO2S/c13-11-7-9(15)3-6-12(11)16-19(17,18)10-4-1-8(14)2-5-10/h1-7,16H. The number of nitrogens with one attached hydrogen (secondary N) is 1. The second-order valence-electron chi connectivity index (χ2n) is 3.68. The monoisotopic (exact) mass is 347 g/mol. The maximum atomic E-state index is 12.9. The van der Waals surface area contributed by atoms with Gasteiger partial charge in [-0.05, 0) is 58.4 Å². The van der Waals surface area contributed by atoms with Crippen LogP contribution in [-0.4, -0.2) is 8.42 Å². The minimum Gasteiger partial charge on any atom is -0.278 e. The van der Waals surface area contributed by atoms with Crippen LogP contribution in [0.4, 0.5) is 14.5 Å². The van der Waals surface area contributed by atoms with Crippen LogP contribution in [0.3, 0.4) is 0 Å². The molecule has 2 aromatic rings. The van der Waals surface area contributed by atoms with E-state index in [2.05, 4.69) is 20.7 Å². The molecule has 7 heteroatoms. The summed E-state index contributed by atoms with van der Waals surface area (Å²) in [5.74, 6) is -1.02. The van der Waals surface area contributed by atoms with E-state index >= 15 is 0 Å². The molecule has 0 spiro atoms. The lowest BCUT2D eigenvalue weighted by Crippen LogP contribution is -2.13. The third-order valence-corrected chi connectivity index (χ3v) is 4.34. The second kappa shape index (κ2) is 5.26. The van der Waals surface area contributed by atoms with E-state index in [4.69, 9.17) is 0 Å². The summed E-state index contributed by atoms with van der Waals surface area (Å²) in [6.07, 6.45) is 0. The summed E-state index contributed by atoms with van der Waals surface area (Å²) in [5.41, 5.74) is 0.200. The third-order valence-electron chi connectivity index (χ3n) is 2.30. The van der Waals surface area contributed by atoms with Crippen LogP contribution in [0, 0.1) is 11.6 Å². The predicted octanol–water partition coefficient (Wildman–Crippen LogP) is 3.53. The van der Waals surface area contributed by atoms with Gasteiger partial charge in [0.25, 0.3) is 10.0 Å². The van der Waals surface area contributed by atoms with Crippen molar-refractivity contribution < 1.29 is 17.2 Å². The molecule has 1 N–H and O–H groups in total. The number of rotatable bonds is 3. The van der Waals surface area contributed by atoms with Crippen LogP contribution >= 0.6 is 15.9 Å². The second-order valence-corrected chi connectivity index (χ2v) is 6.22. The van der Waals surface area contributed by atoms with Crippen LogP contribution in [0.2, 0.25) is 0 Å². The number of hydrogen-bond acceptors (Lipinski definition) is 2. The van der Waals surface area contributed by atoms with Gasteiger partial charge in [-0.15, -0.1) is 0 Å². The Hall–Kier alpha value is -1.47. The molecule has 0 aliphatic heterocycles. The first-order valence-electron chi connectivity index (χ1n) is 5.12. The fraction of sp³-hybridized carbons (Fsp3) is 0. The Balaban J connectivity index is 2.33. The van der Waals surface area contributed by atoms with Gasteiger partial charge in [-0.3, -0.25) is 4.72 Å². The highest BCUT2D eigenvalue weighted by Gasteiger charge is 2.15. The predicted molar refractivity (Wildman–Crippen MR) is 71.3 cm³/mol. The molecule has 100 valence electrons. The zero-order valence-electron chi connectivity index (χ0n) is 9.40. The van der Waals surface area contributed by atoms with Gasteiger partial charge in [-0.1, -0.05) is 0 Å². The van der Waals surface area contributed by atoms with Crippen molar-refractivity contribution in [3.05, 3.63) is 58.6 Å². The van der Waals surface area contributed by atoms with Crippen molar-refractivity contribution in [2.24, 2.45) is 0 Å². The van der Waals surface area contributed by atoms with Gasteiger partial charge in [-0.2, -0.15) is 0 Å². The first kappa shape index (κ1) is 14.0. The number of halogens is 3. The van der Waals surface area contributed by atoms with Crippen molar-refractivity contribution in [3.63, 3.8) is 0 Å². The highest BCUT2D eigenvalue weighted by molar-refractivity contribution is 9.10. The summed E-state index contributed by atoms with van der Waals surface area (Å²) in [7, 11) is -3.83. The summed E-state index contributed by atoms with van der Waals surface area (Å²) >= 11 is 3.06. The number of hydrogen-bond donors (Lipinski definition) is 1. The molecule has 0 saturated heterocycles. The van der Waals surface area contributed by atoms with Crippen LogP contribution in [0.25, 0.3) is 0 Å². The van der Waals surface area contributed by atoms with E-state index in [0.717, 1.165) is 36.4 Å². The molecule has 0 heterocycles. The van der Waals surface area contributed by atoms with Crippen LogP contribution in [0.1, 0.15) is 0 Å². The number of anilines is 1. The van der Waals surface area contributed by atoms with Crippen molar-refractivity contribution in [1.29, 1.82) is 0 Å². The topological polar surface area (TPSA) is 46.2 Å². The molecule has 0 amide bonds. The average Bonchev–Trinajstić information content (AvgIpc) is 2.33. The first-order chi connectivity index (χ1) is 8.88. The minimum absolute atomic E-state index is 0.0786. The van der Waals surface area contributed by atoms with Crippen LogP contribution in [0.5, 0.6) is 0 Å². The van der Waals surface area contributed by atoms with Gasteiger partial charge in [0.05, 0.1) is 10.6 Å². The van der Waals surface area contributed by atoms with Crippen molar-refractivity contribution in [3.8, 4) is 0 Å². The normalized spacial score (nSPS) is 11.3. The molecular weight excluding hydrogens is 340 g/mol. The molecule has 19 heavy (non-hydrogen) atoms. The number of sulfonamides is 1. The maximum Gasteiger partial charge on any atom is 0.261 e. The third kappa shape index (κ3) is 3.30. The largest absolute Gasteiger partial charge is 0.278 e. The van der Waals surface area contributed by atoms with E-state index < -0.39 is 21.7 Å². The Morgan fingerprint density at radius 2 is 1.53 bits per heavy atom. The summed E-state index contributed by atoms with van der Waals surface area (Å²) in [6, 6.07) is 7.96. The van der Waals surface area contributed by atoms with Crippen molar-refractivity contribution in [2.75, 3.05) is 4.72 Å². The Kier molecular flexibility index (Phi) is 3.86. The summed E-state index contributed by atoms with van der Waals surface area (Å²) in [4.78, 5) is -0.0786. The zero-order chi connectivity index (χ0) is 14.0. The van der Waals surface area contributed by atoms with Crippen molar-refractivity contribution in [2.45, 2.75) is 4.90 Å². The molecule has 0 atom stereocenters. The van der Waals surface area contributed by atoms with Gasteiger partial charge < -0.3 is 0 Å². The van der Waals surface area contributed by atoms with Crippen LogP contribution in [0.15, 0.2) is 51.8 Å². The SMILES string of the molecule is O=S(=O)(Nc1ccc(F)cc1Br)c1ccc(F)cc1. The zero-order valence-corrected chi connectivity index (χ0v) is 11.8. The molecule has 0 unspecified atom stereocenters. The van der Waals surface area contributed by atoms with Gasteiger partial charge in [0.2, 0.25) is 0 Å². The lowest BCUT2D eigenvalue weighted by atomic mass is 10.3. The van der Waals surface area contributed by atoms with Crippen LogP contribution in [-0.2, 0) is 10.0 Å². The first-order valence-corrected chi connectivity index (χ1v) is 7.39. The van der Waals surface area contributed by atoms with E-state index in [0.29, 0.717) is 0 Å². The lowest BCUT2D eigenvalue weighted by Gasteiger charge is -2.09. The average molecular weight is 348 g/mol. The Bertz CT molecular complexity index is 702. The van der Waals surface area contributed by atoms with E-state index in [1.165, 1.54) is 6.07 Å². The quantitative estimate of drug-likeness (QED) is 0.923.